The zero-order valence-corrected chi connectivity index (χ0v) is 12.9. The Bertz CT molecular complexity index is 953. The van der Waals surface area contributed by atoms with Gasteiger partial charge in [-0.15, -0.1) is 0 Å². The van der Waals surface area contributed by atoms with Crippen LogP contribution in [0.3, 0.4) is 0 Å². The van der Waals surface area contributed by atoms with E-state index in [9.17, 15) is 4.79 Å². The molecule has 4 heterocycles. The van der Waals surface area contributed by atoms with Crippen molar-refractivity contribution in [2.75, 3.05) is 13.1 Å². The van der Waals surface area contributed by atoms with Crippen molar-refractivity contribution in [2.45, 2.75) is 18.9 Å². The van der Waals surface area contributed by atoms with Crippen molar-refractivity contribution in [3.8, 4) is 11.1 Å². The summed E-state index contributed by atoms with van der Waals surface area (Å²) in [5, 5.41) is 4.64. The maximum Gasteiger partial charge on any atom is 0.258 e. The van der Waals surface area contributed by atoms with Crippen LogP contribution in [0, 0.1) is 5.92 Å². The van der Waals surface area contributed by atoms with Crippen LogP contribution in [-0.2, 0) is 6.54 Å². The zero-order chi connectivity index (χ0) is 15.4. The van der Waals surface area contributed by atoms with E-state index >= 15 is 0 Å². The Kier molecular flexibility index (Phi) is 2.76. The molecule has 0 saturated carbocycles. The highest BCUT2D eigenvalue weighted by molar-refractivity contribution is 5.84. The third-order valence-electron chi connectivity index (χ3n) is 5.37. The van der Waals surface area contributed by atoms with E-state index in [0.29, 0.717) is 11.8 Å². The minimum atomic E-state index is 0.161. The Labute approximate surface area is 134 Å². The van der Waals surface area contributed by atoms with Gasteiger partial charge in [-0.05, 0) is 60.2 Å². The second-order valence-corrected chi connectivity index (χ2v) is 6.82. The Morgan fingerprint density at radius 1 is 1.09 bits per heavy atom. The number of hydrogen-bond acceptors (Lipinski definition) is 2. The van der Waals surface area contributed by atoms with Crippen LogP contribution in [-0.4, -0.2) is 22.6 Å². The SMILES string of the molecule is O=c1c(-c2ccc3[nH]ccc3c2)ccc2n1CC1CNCC2C1. The average Bonchev–Trinajstić information content (AvgIpc) is 3.04. The van der Waals surface area contributed by atoms with Crippen molar-refractivity contribution in [1.82, 2.24) is 14.9 Å². The fourth-order valence-corrected chi connectivity index (χ4v) is 4.23. The van der Waals surface area contributed by atoms with Gasteiger partial charge in [0.2, 0.25) is 0 Å². The number of hydrogen-bond donors (Lipinski definition) is 2. The molecule has 0 radical (unpaired) electrons. The van der Waals surface area contributed by atoms with E-state index in [-0.39, 0.29) is 5.56 Å². The second-order valence-electron chi connectivity index (χ2n) is 6.82. The number of nitrogens with one attached hydrogen (secondary N) is 2. The standard InChI is InChI=1S/C19H19N3O/c23-19-16(13-1-3-17-14(8-13)5-6-21-17)2-4-18-15-7-12(9-20-10-15)11-22(18)19/h1-6,8,12,15,20-21H,7,9-11H2. The fraction of sp³-hybridized carbons (Fsp3) is 0.316. The van der Waals surface area contributed by atoms with E-state index in [2.05, 4.69) is 22.4 Å². The Hall–Kier alpha value is -2.33. The van der Waals surface area contributed by atoms with E-state index in [1.165, 1.54) is 12.1 Å². The molecule has 0 amide bonds. The molecule has 2 aliphatic heterocycles. The van der Waals surface area contributed by atoms with Gasteiger partial charge in [-0.3, -0.25) is 4.79 Å². The lowest BCUT2D eigenvalue weighted by Gasteiger charge is -2.37. The van der Waals surface area contributed by atoms with Crippen LogP contribution < -0.4 is 10.9 Å². The molecule has 2 aliphatic rings. The summed E-state index contributed by atoms with van der Waals surface area (Å²) in [5.41, 5.74) is 4.28. The van der Waals surface area contributed by atoms with Gasteiger partial charge < -0.3 is 14.9 Å². The van der Waals surface area contributed by atoms with Crippen LogP contribution in [0.15, 0.2) is 47.4 Å². The summed E-state index contributed by atoms with van der Waals surface area (Å²) in [4.78, 5) is 16.3. The van der Waals surface area contributed by atoms with Gasteiger partial charge in [0.1, 0.15) is 0 Å². The van der Waals surface area contributed by atoms with E-state index < -0.39 is 0 Å². The van der Waals surface area contributed by atoms with E-state index in [0.717, 1.165) is 41.7 Å². The van der Waals surface area contributed by atoms with Gasteiger partial charge in [0.15, 0.2) is 0 Å². The Balaban J connectivity index is 1.67. The predicted molar refractivity (Wildman–Crippen MR) is 91.7 cm³/mol. The molecule has 4 heteroatoms. The van der Waals surface area contributed by atoms with Gasteiger partial charge in [-0.2, -0.15) is 0 Å². The summed E-state index contributed by atoms with van der Waals surface area (Å²) in [6.07, 6.45) is 3.14. The molecular weight excluding hydrogens is 286 g/mol. The number of aromatic amines is 1. The molecule has 1 fully saturated rings. The number of nitrogens with zero attached hydrogens (tertiary/aromatic N) is 1. The normalized spacial score (nSPS) is 23.0. The molecule has 116 valence electrons. The highest BCUT2D eigenvalue weighted by atomic mass is 16.1. The zero-order valence-electron chi connectivity index (χ0n) is 12.9. The first-order valence-electron chi connectivity index (χ1n) is 8.31. The number of fused-ring (bicyclic) bond motifs is 5. The molecule has 1 saturated heterocycles. The Morgan fingerprint density at radius 2 is 2.04 bits per heavy atom. The maximum atomic E-state index is 13.1. The summed E-state index contributed by atoms with van der Waals surface area (Å²) < 4.78 is 2.02. The molecule has 2 aromatic heterocycles. The molecular formula is C19H19N3O. The number of benzene rings is 1. The topological polar surface area (TPSA) is 49.8 Å². The molecule has 4 nitrogen and oxygen atoms in total. The first kappa shape index (κ1) is 13.1. The van der Waals surface area contributed by atoms with Crippen molar-refractivity contribution in [3.05, 3.63) is 58.6 Å². The molecule has 0 spiro atoms. The molecule has 2 N–H and O–H groups in total. The van der Waals surface area contributed by atoms with E-state index in [1.807, 2.05) is 35.0 Å². The fourth-order valence-electron chi connectivity index (χ4n) is 4.23. The van der Waals surface area contributed by atoms with Crippen LogP contribution in [0.2, 0.25) is 0 Å². The first-order chi connectivity index (χ1) is 11.3. The number of pyridine rings is 1. The predicted octanol–water partition coefficient (Wildman–Crippen LogP) is 2.70. The summed E-state index contributed by atoms with van der Waals surface area (Å²) in [6, 6.07) is 12.4. The minimum absolute atomic E-state index is 0.161. The number of aromatic nitrogens is 2. The van der Waals surface area contributed by atoms with Gasteiger partial charge in [0, 0.05) is 42.0 Å². The minimum Gasteiger partial charge on any atom is -0.361 e. The monoisotopic (exact) mass is 305 g/mol. The molecule has 5 rings (SSSR count). The van der Waals surface area contributed by atoms with Crippen molar-refractivity contribution < 1.29 is 0 Å². The largest absolute Gasteiger partial charge is 0.361 e. The van der Waals surface area contributed by atoms with E-state index in [4.69, 9.17) is 0 Å². The van der Waals surface area contributed by atoms with Gasteiger partial charge in [-0.25, -0.2) is 0 Å². The number of rotatable bonds is 1. The van der Waals surface area contributed by atoms with Gasteiger partial charge in [-0.1, -0.05) is 6.07 Å². The summed E-state index contributed by atoms with van der Waals surface area (Å²) in [5.74, 6) is 1.07. The Morgan fingerprint density at radius 3 is 3.00 bits per heavy atom. The van der Waals surface area contributed by atoms with Crippen molar-refractivity contribution in [3.63, 3.8) is 0 Å². The molecule has 2 bridgehead atoms. The highest BCUT2D eigenvalue weighted by Gasteiger charge is 2.31. The van der Waals surface area contributed by atoms with E-state index in [1.54, 1.807) is 0 Å². The molecule has 2 unspecified atom stereocenters. The smallest absolute Gasteiger partial charge is 0.258 e. The molecule has 0 aliphatic carbocycles. The van der Waals surface area contributed by atoms with Crippen molar-refractivity contribution in [1.29, 1.82) is 0 Å². The first-order valence-corrected chi connectivity index (χ1v) is 8.31. The van der Waals surface area contributed by atoms with Crippen molar-refractivity contribution >= 4 is 10.9 Å². The summed E-state index contributed by atoms with van der Waals surface area (Å²) in [7, 11) is 0. The third kappa shape index (κ3) is 1.98. The lowest BCUT2D eigenvalue weighted by atomic mass is 9.84. The van der Waals surface area contributed by atoms with Gasteiger partial charge in [0.25, 0.3) is 5.56 Å². The lowest BCUT2D eigenvalue weighted by Crippen LogP contribution is -2.45. The van der Waals surface area contributed by atoms with Crippen molar-refractivity contribution in [2.24, 2.45) is 5.92 Å². The van der Waals surface area contributed by atoms with Crippen LogP contribution in [0.4, 0.5) is 0 Å². The molecule has 2 atom stereocenters. The highest BCUT2D eigenvalue weighted by Crippen LogP contribution is 2.32. The molecule has 3 aromatic rings. The lowest BCUT2D eigenvalue weighted by molar-refractivity contribution is 0.257. The number of piperidine rings is 1. The van der Waals surface area contributed by atoms with Crippen LogP contribution in [0.1, 0.15) is 18.0 Å². The average molecular weight is 305 g/mol. The van der Waals surface area contributed by atoms with Crippen LogP contribution in [0.5, 0.6) is 0 Å². The summed E-state index contributed by atoms with van der Waals surface area (Å²) >= 11 is 0. The van der Waals surface area contributed by atoms with Crippen LogP contribution in [0.25, 0.3) is 22.0 Å². The second kappa shape index (κ2) is 4.83. The molecule has 23 heavy (non-hydrogen) atoms. The quantitative estimate of drug-likeness (QED) is 0.726. The summed E-state index contributed by atoms with van der Waals surface area (Å²) in [6.45, 7) is 2.87. The van der Waals surface area contributed by atoms with Gasteiger partial charge in [0.05, 0.1) is 0 Å². The third-order valence-corrected chi connectivity index (χ3v) is 5.37. The number of H-pyrrole nitrogens is 1. The maximum absolute atomic E-state index is 13.1. The van der Waals surface area contributed by atoms with Crippen LogP contribution >= 0.6 is 0 Å². The van der Waals surface area contributed by atoms with Gasteiger partial charge >= 0.3 is 0 Å². The molecule has 1 aromatic carbocycles.